The molecule has 0 aromatic heterocycles. The molecule has 0 unspecified atom stereocenters. The summed E-state index contributed by atoms with van der Waals surface area (Å²) in [6, 6.07) is 7.27. The van der Waals surface area contributed by atoms with Gasteiger partial charge in [0.25, 0.3) is 5.91 Å². The Morgan fingerprint density at radius 3 is 2.50 bits per heavy atom. The zero-order chi connectivity index (χ0) is 22.7. The van der Waals surface area contributed by atoms with E-state index >= 15 is 0 Å². The third-order valence-electron chi connectivity index (χ3n) is 5.31. The van der Waals surface area contributed by atoms with Crippen LogP contribution in [0.15, 0.2) is 36.4 Å². The van der Waals surface area contributed by atoms with Crippen molar-refractivity contribution in [2.75, 3.05) is 46.5 Å². The third kappa shape index (κ3) is 4.65. The zero-order valence-electron chi connectivity index (χ0n) is 17.5. The average molecular weight is 461 g/mol. The quantitative estimate of drug-likeness (QED) is 0.655. The Morgan fingerprint density at radius 1 is 1.06 bits per heavy atom. The van der Waals surface area contributed by atoms with Crippen LogP contribution in [-0.4, -0.2) is 68.1 Å². The molecule has 0 atom stereocenters. The molecule has 0 saturated carbocycles. The molecule has 4 rings (SSSR count). The van der Waals surface area contributed by atoms with E-state index in [1.165, 1.54) is 18.2 Å². The van der Waals surface area contributed by atoms with E-state index in [1.54, 1.807) is 35.1 Å². The minimum atomic E-state index is -0.496. The van der Waals surface area contributed by atoms with Gasteiger partial charge in [-0.2, -0.15) is 0 Å². The van der Waals surface area contributed by atoms with Gasteiger partial charge in [-0.25, -0.2) is 4.39 Å². The monoisotopic (exact) mass is 460 g/mol. The molecular formula is C23H22ClFN2O5. The summed E-state index contributed by atoms with van der Waals surface area (Å²) in [6.07, 6.45) is 3.18. The van der Waals surface area contributed by atoms with E-state index in [2.05, 4.69) is 0 Å². The fraction of sp³-hybridized carbons (Fsp3) is 0.304. The maximum absolute atomic E-state index is 13.2. The largest absolute Gasteiger partial charge is 0.493 e. The summed E-state index contributed by atoms with van der Waals surface area (Å²) >= 11 is 6.00. The number of hydrogen-bond acceptors (Lipinski definition) is 5. The van der Waals surface area contributed by atoms with Gasteiger partial charge >= 0.3 is 0 Å². The highest BCUT2D eigenvalue weighted by Gasteiger charge is 2.25. The normalized spacial score (nSPS) is 15.7. The second-order valence-electron chi connectivity index (χ2n) is 7.32. The SMILES string of the molecule is COc1cc(/C=C/C(=O)N2CCN(C(=O)c3ccc(F)cc3Cl)CC2)cc2c1OCCO2. The molecule has 2 aromatic rings. The Bertz CT molecular complexity index is 1050. The van der Waals surface area contributed by atoms with Gasteiger partial charge in [-0.1, -0.05) is 11.6 Å². The standard InChI is InChI=1S/C23H22ClFN2O5/c1-30-19-12-15(13-20-22(19)32-11-10-31-20)2-5-21(28)26-6-8-27(9-7-26)23(29)17-4-3-16(25)14-18(17)24/h2-5,12-14H,6-11H2,1H3/b5-2+. The zero-order valence-corrected chi connectivity index (χ0v) is 18.2. The molecule has 2 amide bonds. The highest BCUT2D eigenvalue weighted by Crippen LogP contribution is 2.40. The minimum Gasteiger partial charge on any atom is -0.493 e. The van der Waals surface area contributed by atoms with Crippen molar-refractivity contribution in [1.82, 2.24) is 9.80 Å². The van der Waals surface area contributed by atoms with E-state index in [4.69, 9.17) is 25.8 Å². The summed E-state index contributed by atoms with van der Waals surface area (Å²) in [6.45, 7) is 2.41. The van der Waals surface area contributed by atoms with Gasteiger partial charge in [0, 0.05) is 32.3 Å². The van der Waals surface area contributed by atoms with Crippen LogP contribution in [0.5, 0.6) is 17.2 Å². The third-order valence-corrected chi connectivity index (χ3v) is 5.62. The molecule has 2 aliphatic heterocycles. The summed E-state index contributed by atoms with van der Waals surface area (Å²) in [7, 11) is 1.55. The number of halogens is 2. The number of carbonyl (C=O) groups is 2. The molecule has 1 fully saturated rings. The van der Waals surface area contributed by atoms with Gasteiger partial charge in [-0.05, 0) is 42.0 Å². The van der Waals surface area contributed by atoms with Crippen LogP contribution in [-0.2, 0) is 4.79 Å². The van der Waals surface area contributed by atoms with Crippen LogP contribution in [0.25, 0.3) is 6.08 Å². The number of carbonyl (C=O) groups excluding carboxylic acids is 2. The smallest absolute Gasteiger partial charge is 0.255 e. The van der Waals surface area contributed by atoms with Gasteiger partial charge in [0.15, 0.2) is 11.5 Å². The van der Waals surface area contributed by atoms with Crippen molar-refractivity contribution in [2.24, 2.45) is 0 Å². The Morgan fingerprint density at radius 2 is 1.78 bits per heavy atom. The Kier molecular flexibility index (Phi) is 6.50. The van der Waals surface area contributed by atoms with E-state index < -0.39 is 5.82 Å². The molecule has 9 heteroatoms. The molecule has 0 bridgehead atoms. The van der Waals surface area contributed by atoms with Crippen molar-refractivity contribution in [3.8, 4) is 17.2 Å². The number of ether oxygens (including phenoxy) is 3. The van der Waals surface area contributed by atoms with Crippen molar-refractivity contribution in [3.63, 3.8) is 0 Å². The fourth-order valence-electron chi connectivity index (χ4n) is 3.63. The van der Waals surface area contributed by atoms with E-state index in [1.807, 2.05) is 0 Å². The van der Waals surface area contributed by atoms with Gasteiger partial charge < -0.3 is 24.0 Å². The van der Waals surface area contributed by atoms with Gasteiger partial charge in [0.05, 0.1) is 17.7 Å². The molecule has 168 valence electrons. The second kappa shape index (κ2) is 9.48. The van der Waals surface area contributed by atoms with Crippen molar-refractivity contribution in [2.45, 2.75) is 0 Å². The first-order valence-electron chi connectivity index (χ1n) is 10.1. The topological polar surface area (TPSA) is 68.3 Å². The number of benzene rings is 2. The van der Waals surface area contributed by atoms with Gasteiger partial charge in [0.2, 0.25) is 11.7 Å². The molecule has 2 aromatic carbocycles. The van der Waals surface area contributed by atoms with Gasteiger partial charge in [0.1, 0.15) is 19.0 Å². The number of hydrogen-bond donors (Lipinski definition) is 0. The van der Waals surface area contributed by atoms with E-state index in [-0.39, 0.29) is 22.4 Å². The summed E-state index contributed by atoms with van der Waals surface area (Å²) in [5.41, 5.74) is 1.000. The molecule has 0 aliphatic carbocycles. The van der Waals surface area contributed by atoms with E-state index in [9.17, 15) is 14.0 Å². The van der Waals surface area contributed by atoms with E-state index in [0.717, 1.165) is 11.6 Å². The molecule has 7 nitrogen and oxygen atoms in total. The van der Waals surface area contributed by atoms with E-state index in [0.29, 0.717) is 56.6 Å². The van der Waals surface area contributed by atoms with Crippen LogP contribution in [0, 0.1) is 5.82 Å². The number of amides is 2. The van der Waals surface area contributed by atoms with Crippen LogP contribution in [0.3, 0.4) is 0 Å². The van der Waals surface area contributed by atoms with Crippen molar-refractivity contribution < 1.29 is 28.2 Å². The molecule has 2 aliphatic rings. The van der Waals surface area contributed by atoms with Crippen LogP contribution in [0.1, 0.15) is 15.9 Å². The first-order valence-corrected chi connectivity index (χ1v) is 10.5. The number of methoxy groups -OCH3 is 1. The first-order chi connectivity index (χ1) is 15.5. The second-order valence-corrected chi connectivity index (χ2v) is 7.73. The first kappa shape index (κ1) is 22.0. The Balaban J connectivity index is 1.37. The summed E-state index contributed by atoms with van der Waals surface area (Å²) in [5, 5.41) is 0.0753. The molecule has 2 heterocycles. The lowest BCUT2D eigenvalue weighted by atomic mass is 10.1. The molecule has 0 N–H and O–H groups in total. The van der Waals surface area contributed by atoms with Crippen LogP contribution >= 0.6 is 11.6 Å². The summed E-state index contributed by atoms with van der Waals surface area (Å²) in [4.78, 5) is 28.6. The van der Waals surface area contributed by atoms with Crippen LogP contribution in [0.4, 0.5) is 4.39 Å². The predicted octanol–water partition coefficient (Wildman–Crippen LogP) is 3.26. The molecule has 32 heavy (non-hydrogen) atoms. The summed E-state index contributed by atoms with van der Waals surface area (Å²) in [5.74, 6) is 0.746. The number of fused-ring (bicyclic) bond motifs is 1. The number of nitrogens with zero attached hydrogens (tertiary/aromatic N) is 2. The van der Waals surface area contributed by atoms with Crippen LogP contribution < -0.4 is 14.2 Å². The highest BCUT2D eigenvalue weighted by atomic mass is 35.5. The Hall–Kier alpha value is -3.26. The number of rotatable bonds is 4. The van der Waals surface area contributed by atoms with Crippen molar-refractivity contribution >= 4 is 29.5 Å². The lowest BCUT2D eigenvalue weighted by Gasteiger charge is -2.34. The minimum absolute atomic E-state index is 0.0753. The van der Waals surface area contributed by atoms with Crippen molar-refractivity contribution in [1.29, 1.82) is 0 Å². The Labute approximate surface area is 189 Å². The van der Waals surface area contributed by atoms with Gasteiger partial charge in [-0.15, -0.1) is 0 Å². The van der Waals surface area contributed by atoms with Crippen LogP contribution in [0.2, 0.25) is 5.02 Å². The predicted molar refractivity (Wildman–Crippen MR) is 117 cm³/mol. The highest BCUT2D eigenvalue weighted by molar-refractivity contribution is 6.33. The fourth-order valence-corrected chi connectivity index (χ4v) is 3.87. The molecule has 1 saturated heterocycles. The number of piperazine rings is 1. The lowest BCUT2D eigenvalue weighted by Crippen LogP contribution is -2.50. The molecule has 0 radical (unpaired) electrons. The van der Waals surface area contributed by atoms with Crippen molar-refractivity contribution in [3.05, 3.63) is 58.4 Å². The van der Waals surface area contributed by atoms with Gasteiger partial charge in [-0.3, -0.25) is 9.59 Å². The maximum atomic E-state index is 13.2. The molecule has 0 spiro atoms. The lowest BCUT2D eigenvalue weighted by molar-refractivity contribution is -0.127. The average Bonchev–Trinajstić information content (AvgIpc) is 2.81. The maximum Gasteiger partial charge on any atom is 0.255 e. The molecular weight excluding hydrogens is 439 g/mol. The summed E-state index contributed by atoms with van der Waals surface area (Å²) < 4.78 is 29.8.